The largest absolute Gasteiger partial charge is 0.455 e. The van der Waals surface area contributed by atoms with Gasteiger partial charge in [0.05, 0.1) is 0 Å². The Labute approximate surface area is 307 Å². The van der Waals surface area contributed by atoms with Crippen molar-refractivity contribution in [3.05, 3.63) is 194 Å². The van der Waals surface area contributed by atoms with E-state index in [2.05, 4.69) is 182 Å². The summed E-state index contributed by atoms with van der Waals surface area (Å²) in [7, 11) is 0. The van der Waals surface area contributed by atoms with Gasteiger partial charge in [0.2, 0.25) is 0 Å². The van der Waals surface area contributed by atoms with E-state index in [0.29, 0.717) is 0 Å². The number of fused-ring (bicyclic) bond motifs is 7. The minimum atomic E-state index is 0.915. The molecule has 0 aliphatic carbocycles. The van der Waals surface area contributed by atoms with Gasteiger partial charge in [-0.1, -0.05) is 170 Å². The van der Waals surface area contributed by atoms with Gasteiger partial charge in [0, 0.05) is 16.3 Å². The van der Waals surface area contributed by atoms with Crippen molar-refractivity contribution in [1.82, 2.24) is 0 Å². The quantitative estimate of drug-likeness (QED) is 0.170. The van der Waals surface area contributed by atoms with Gasteiger partial charge in [-0.2, -0.15) is 0 Å². The molecule has 0 bridgehead atoms. The number of rotatable bonds is 4. The van der Waals surface area contributed by atoms with Gasteiger partial charge < -0.3 is 4.42 Å². The van der Waals surface area contributed by atoms with Crippen LogP contribution < -0.4 is 0 Å². The molecule has 0 spiro atoms. The fraction of sp³-hybridized carbons (Fsp3) is 0. The maximum Gasteiger partial charge on any atom is 0.143 e. The van der Waals surface area contributed by atoms with E-state index in [4.69, 9.17) is 4.42 Å². The third-order valence-electron chi connectivity index (χ3n) is 11.0. The highest BCUT2D eigenvalue weighted by Gasteiger charge is 2.19. The van der Waals surface area contributed by atoms with Gasteiger partial charge in [-0.3, -0.25) is 0 Å². The van der Waals surface area contributed by atoms with Crippen LogP contribution in [0.25, 0.3) is 110 Å². The minimum Gasteiger partial charge on any atom is -0.455 e. The highest BCUT2D eigenvalue weighted by molar-refractivity contribution is 6.22. The van der Waals surface area contributed by atoms with Crippen molar-refractivity contribution in [2.24, 2.45) is 0 Å². The predicted molar refractivity (Wildman–Crippen MR) is 225 cm³/mol. The standard InChI is InChI=1S/C52H32O/c1-3-12-37-30-39(26-20-33(37)10-1)40-28-29-46-48(32-40)50(44-15-5-6-16-45(44)51(46)41-27-21-34-11-2-4-13-38(34)31-41)36-24-22-35(23-25-36)42-17-9-18-47-43-14-7-8-19-49(43)53-52(42)47/h1-32H. The molecule has 1 heterocycles. The average Bonchev–Trinajstić information content (AvgIpc) is 3.61. The van der Waals surface area contributed by atoms with Gasteiger partial charge in [0.25, 0.3) is 0 Å². The van der Waals surface area contributed by atoms with Gasteiger partial charge in [-0.05, 0) is 106 Å². The molecule has 0 aliphatic rings. The topological polar surface area (TPSA) is 13.1 Å². The fourth-order valence-corrected chi connectivity index (χ4v) is 8.48. The van der Waals surface area contributed by atoms with Crippen LogP contribution in [0, 0.1) is 0 Å². The van der Waals surface area contributed by atoms with Crippen LogP contribution in [0.4, 0.5) is 0 Å². The van der Waals surface area contributed by atoms with Gasteiger partial charge >= 0.3 is 0 Å². The Kier molecular flexibility index (Phi) is 6.62. The second-order valence-electron chi connectivity index (χ2n) is 14.0. The first-order valence-corrected chi connectivity index (χ1v) is 18.2. The third-order valence-corrected chi connectivity index (χ3v) is 11.0. The molecule has 0 N–H and O–H groups in total. The summed E-state index contributed by atoms with van der Waals surface area (Å²) in [6.07, 6.45) is 0. The number of benzene rings is 10. The van der Waals surface area contributed by atoms with E-state index in [9.17, 15) is 0 Å². The molecule has 1 aromatic heterocycles. The van der Waals surface area contributed by atoms with Gasteiger partial charge in [0.15, 0.2) is 0 Å². The first-order chi connectivity index (χ1) is 26.3. The zero-order valence-corrected chi connectivity index (χ0v) is 28.9. The van der Waals surface area contributed by atoms with Crippen molar-refractivity contribution in [2.75, 3.05) is 0 Å². The van der Waals surface area contributed by atoms with Crippen LogP contribution in [0.2, 0.25) is 0 Å². The molecule has 0 radical (unpaired) electrons. The van der Waals surface area contributed by atoms with E-state index < -0.39 is 0 Å². The lowest BCUT2D eigenvalue weighted by atomic mass is 9.84. The van der Waals surface area contributed by atoms with Gasteiger partial charge in [-0.25, -0.2) is 0 Å². The number of hydrogen-bond acceptors (Lipinski definition) is 1. The lowest BCUT2D eigenvalue weighted by Gasteiger charge is -2.19. The lowest BCUT2D eigenvalue weighted by molar-refractivity contribution is 0.670. The molecule has 53 heavy (non-hydrogen) atoms. The molecule has 10 aromatic carbocycles. The Morgan fingerprint density at radius 1 is 0.264 bits per heavy atom. The Morgan fingerprint density at radius 2 is 0.755 bits per heavy atom. The van der Waals surface area contributed by atoms with E-state index in [1.54, 1.807) is 0 Å². The number of hydrogen-bond donors (Lipinski definition) is 0. The molecule has 0 amide bonds. The van der Waals surface area contributed by atoms with E-state index in [-0.39, 0.29) is 0 Å². The molecule has 0 aliphatic heterocycles. The zero-order chi connectivity index (χ0) is 34.9. The summed E-state index contributed by atoms with van der Waals surface area (Å²) in [6, 6.07) is 70.7. The van der Waals surface area contributed by atoms with Gasteiger partial charge in [0.1, 0.15) is 11.2 Å². The molecule has 1 heteroatoms. The second-order valence-corrected chi connectivity index (χ2v) is 14.0. The van der Waals surface area contributed by atoms with E-state index in [0.717, 1.165) is 33.1 Å². The van der Waals surface area contributed by atoms with Crippen LogP contribution in [-0.4, -0.2) is 0 Å². The van der Waals surface area contributed by atoms with Crippen LogP contribution in [0.5, 0.6) is 0 Å². The van der Waals surface area contributed by atoms with Crippen LogP contribution in [0.1, 0.15) is 0 Å². The predicted octanol–water partition coefficient (Wildman–Crippen LogP) is 14.9. The molecule has 0 saturated carbocycles. The summed E-state index contributed by atoms with van der Waals surface area (Å²) in [4.78, 5) is 0. The average molecular weight is 673 g/mol. The first-order valence-electron chi connectivity index (χ1n) is 18.2. The SMILES string of the molecule is c1ccc2cc(-c3ccc4c(-c5ccc6ccccc6c5)c5ccccc5c(-c5ccc(-c6cccc7c6oc6ccccc67)cc5)c4c3)ccc2c1. The Balaban J connectivity index is 1.16. The summed E-state index contributed by atoms with van der Waals surface area (Å²) in [5, 5.41) is 12.3. The smallest absolute Gasteiger partial charge is 0.143 e. The van der Waals surface area contributed by atoms with Crippen LogP contribution in [0.3, 0.4) is 0 Å². The van der Waals surface area contributed by atoms with Crippen molar-refractivity contribution in [3.8, 4) is 44.5 Å². The Hall–Kier alpha value is -6.96. The third kappa shape index (κ3) is 4.79. The molecule has 0 unspecified atom stereocenters. The highest BCUT2D eigenvalue weighted by atomic mass is 16.3. The highest BCUT2D eigenvalue weighted by Crippen LogP contribution is 2.46. The summed E-state index contributed by atoms with van der Waals surface area (Å²) in [5.74, 6) is 0. The molecular weight excluding hydrogens is 641 g/mol. The first kappa shape index (κ1) is 29.7. The summed E-state index contributed by atoms with van der Waals surface area (Å²) in [6.45, 7) is 0. The van der Waals surface area contributed by atoms with E-state index in [1.165, 1.54) is 76.5 Å². The number of furan rings is 1. The molecule has 0 saturated heterocycles. The normalized spacial score (nSPS) is 11.8. The molecule has 0 atom stereocenters. The molecule has 11 aromatic rings. The molecule has 0 fully saturated rings. The number of para-hydroxylation sites is 2. The monoisotopic (exact) mass is 672 g/mol. The summed E-state index contributed by atoms with van der Waals surface area (Å²) >= 11 is 0. The summed E-state index contributed by atoms with van der Waals surface area (Å²) in [5.41, 5.74) is 11.4. The van der Waals surface area contributed by atoms with Crippen molar-refractivity contribution < 1.29 is 4.42 Å². The molecule has 11 rings (SSSR count). The maximum atomic E-state index is 6.43. The zero-order valence-electron chi connectivity index (χ0n) is 28.9. The van der Waals surface area contributed by atoms with Crippen LogP contribution >= 0.6 is 0 Å². The van der Waals surface area contributed by atoms with E-state index >= 15 is 0 Å². The van der Waals surface area contributed by atoms with Crippen LogP contribution in [0.15, 0.2) is 199 Å². The molecular formula is C52H32O. The minimum absolute atomic E-state index is 0.915. The van der Waals surface area contributed by atoms with Crippen molar-refractivity contribution in [2.45, 2.75) is 0 Å². The van der Waals surface area contributed by atoms with E-state index in [1.807, 2.05) is 12.1 Å². The van der Waals surface area contributed by atoms with Crippen LogP contribution in [-0.2, 0) is 0 Å². The lowest BCUT2D eigenvalue weighted by Crippen LogP contribution is -1.92. The van der Waals surface area contributed by atoms with Crippen molar-refractivity contribution >= 4 is 65.0 Å². The van der Waals surface area contributed by atoms with Gasteiger partial charge in [-0.15, -0.1) is 0 Å². The fourth-order valence-electron chi connectivity index (χ4n) is 8.48. The van der Waals surface area contributed by atoms with Crippen molar-refractivity contribution in [3.63, 3.8) is 0 Å². The molecule has 246 valence electrons. The maximum absolute atomic E-state index is 6.43. The second kappa shape index (κ2) is 11.8. The van der Waals surface area contributed by atoms with Crippen molar-refractivity contribution in [1.29, 1.82) is 0 Å². The summed E-state index contributed by atoms with van der Waals surface area (Å²) < 4.78 is 6.43. The Bertz CT molecular complexity index is 3220. The molecule has 1 nitrogen and oxygen atoms in total. The Morgan fingerprint density at radius 3 is 1.49 bits per heavy atom.